The van der Waals surface area contributed by atoms with Crippen molar-refractivity contribution in [3.05, 3.63) is 52.4 Å². The van der Waals surface area contributed by atoms with Gasteiger partial charge < -0.3 is 9.32 Å². The fraction of sp³-hybridized carbons (Fsp3) is 0.450. The van der Waals surface area contributed by atoms with Crippen molar-refractivity contribution in [2.75, 3.05) is 13.1 Å². The van der Waals surface area contributed by atoms with Crippen molar-refractivity contribution in [2.24, 2.45) is 7.05 Å². The zero-order valence-corrected chi connectivity index (χ0v) is 15.9. The van der Waals surface area contributed by atoms with Crippen molar-refractivity contribution < 1.29 is 9.21 Å². The van der Waals surface area contributed by atoms with Crippen LogP contribution in [0.3, 0.4) is 0 Å². The quantitative estimate of drug-likeness (QED) is 0.712. The standard InChI is InChI=1S/C20H24N4O3/c1-13(2)24-18(21-22(3)20(24)26)15-8-6-10-23(12-15)19(25)17-11-14-7-4-5-9-16(14)27-17/h4-5,7,9,11,13,15H,6,8,10,12H2,1-3H3. The number of carbonyl (C=O) groups is 1. The molecule has 3 heterocycles. The van der Waals surface area contributed by atoms with Gasteiger partial charge in [-0.3, -0.25) is 9.36 Å². The van der Waals surface area contributed by atoms with Crippen molar-refractivity contribution in [1.82, 2.24) is 19.2 Å². The molecule has 7 heteroatoms. The van der Waals surface area contributed by atoms with Crippen molar-refractivity contribution >= 4 is 16.9 Å². The lowest BCUT2D eigenvalue weighted by Crippen LogP contribution is -2.40. The molecule has 0 saturated carbocycles. The zero-order chi connectivity index (χ0) is 19.1. The highest BCUT2D eigenvalue weighted by atomic mass is 16.3. The lowest BCUT2D eigenvalue weighted by molar-refractivity contribution is 0.0673. The molecule has 4 rings (SSSR count). The summed E-state index contributed by atoms with van der Waals surface area (Å²) in [5.41, 5.74) is 0.605. The number of aryl methyl sites for hydroxylation is 1. The normalized spacial score (nSPS) is 17.8. The zero-order valence-electron chi connectivity index (χ0n) is 15.9. The Hall–Kier alpha value is -2.83. The molecule has 2 aromatic heterocycles. The number of furan rings is 1. The lowest BCUT2D eigenvalue weighted by atomic mass is 9.96. The second-order valence-electron chi connectivity index (χ2n) is 7.47. The molecule has 0 bridgehead atoms. The van der Waals surface area contributed by atoms with E-state index in [1.165, 1.54) is 4.68 Å². The van der Waals surface area contributed by atoms with Crippen molar-refractivity contribution in [3.63, 3.8) is 0 Å². The largest absolute Gasteiger partial charge is 0.451 e. The Kier molecular flexibility index (Phi) is 4.37. The average molecular weight is 368 g/mol. The highest BCUT2D eigenvalue weighted by Crippen LogP contribution is 2.28. The number of hydrogen-bond donors (Lipinski definition) is 0. The monoisotopic (exact) mass is 368 g/mol. The molecule has 1 aliphatic heterocycles. The molecule has 142 valence electrons. The average Bonchev–Trinajstić information content (AvgIpc) is 3.22. The van der Waals surface area contributed by atoms with E-state index in [-0.39, 0.29) is 23.6 Å². The smallest absolute Gasteiger partial charge is 0.345 e. The number of hydrogen-bond acceptors (Lipinski definition) is 4. The molecule has 1 aromatic carbocycles. The van der Waals surface area contributed by atoms with E-state index in [1.807, 2.05) is 43.0 Å². The van der Waals surface area contributed by atoms with Crippen LogP contribution in [0.5, 0.6) is 0 Å². The Morgan fingerprint density at radius 3 is 2.81 bits per heavy atom. The first-order valence-corrected chi connectivity index (χ1v) is 9.39. The van der Waals surface area contributed by atoms with E-state index in [1.54, 1.807) is 17.7 Å². The van der Waals surface area contributed by atoms with Crippen molar-refractivity contribution in [3.8, 4) is 0 Å². The molecule has 1 amide bonds. The van der Waals surface area contributed by atoms with Crippen LogP contribution < -0.4 is 5.69 Å². The summed E-state index contributed by atoms with van der Waals surface area (Å²) in [5, 5.41) is 5.39. The minimum atomic E-state index is -0.110. The van der Waals surface area contributed by atoms with Crippen molar-refractivity contribution in [2.45, 2.75) is 38.6 Å². The highest BCUT2D eigenvalue weighted by Gasteiger charge is 2.31. The summed E-state index contributed by atoms with van der Waals surface area (Å²) >= 11 is 0. The summed E-state index contributed by atoms with van der Waals surface area (Å²) in [7, 11) is 1.67. The number of rotatable bonds is 3. The topological polar surface area (TPSA) is 73.3 Å². The number of amides is 1. The molecular formula is C20H24N4O3. The van der Waals surface area contributed by atoms with Crippen LogP contribution in [0.4, 0.5) is 0 Å². The molecule has 0 aliphatic carbocycles. The van der Waals surface area contributed by atoms with Gasteiger partial charge >= 0.3 is 5.69 Å². The Labute approximate surface area is 157 Å². The van der Waals surface area contributed by atoms with Crippen LogP contribution in [0, 0.1) is 0 Å². The number of nitrogens with zero attached hydrogens (tertiary/aromatic N) is 4. The fourth-order valence-electron chi connectivity index (χ4n) is 3.88. The molecule has 1 aliphatic rings. The van der Waals surface area contributed by atoms with Crippen LogP contribution >= 0.6 is 0 Å². The second-order valence-corrected chi connectivity index (χ2v) is 7.47. The van der Waals surface area contributed by atoms with Gasteiger partial charge in [0, 0.05) is 37.5 Å². The maximum atomic E-state index is 13.0. The minimum absolute atomic E-state index is 0.0302. The van der Waals surface area contributed by atoms with E-state index < -0.39 is 0 Å². The number of carbonyl (C=O) groups excluding carboxylic acids is 1. The second kappa shape index (κ2) is 6.72. The highest BCUT2D eigenvalue weighted by molar-refractivity contribution is 5.96. The molecule has 0 radical (unpaired) electrons. The summed E-state index contributed by atoms with van der Waals surface area (Å²) in [6.45, 7) is 5.18. The van der Waals surface area contributed by atoms with Crippen LogP contribution in [0.25, 0.3) is 11.0 Å². The summed E-state index contributed by atoms with van der Waals surface area (Å²) in [6, 6.07) is 9.44. The van der Waals surface area contributed by atoms with Gasteiger partial charge in [-0.05, 0) is 38.8 Å². The van der Waals surface area contributed by atoms with E-state index >= 15 is 0 Å². The van der Waals surface area contributed by atoms with Gasteiger partial charge in [0.1, 0.15) is 11.4 Å². The number of fused-ring (bicyclic) bond motifs is 1. The number of likely N-dealkylation sites (tertiary alicyclic amines) is 1. The molecule has 0 spiro atoms. The summed E-state index contributed by atoms with van der Waals surface area (Å²) < 4.78 is 8.86. The van der Waals surface area contributed by atoms with Crippen LogP contribution in [-0.4, -0.2) is 38.2 Å². The van der Waals surface area contributed by atoms with Gasteiger partial charge in [-0.1, -0.05) is 18.2 Å². The molecule has 7 nitrogen and oxygen atoms in total. The van der Waals surface area contributed by atoms with Gasteiger partial charge in [-0.15, -0.1) is 0 Å². The predicted molar refractivity (Wildman–Crippen MR) is 102 cm³/mol. The van der Waals surface area contributed by atoms with Gasteiger partial charge in [0.25, 0.3) is 5.91 Å². The first-order valence-electron chi connectivity index (χ1n) is 9.39. The number of piperidine rings is 1. The molecule has 3 aromatic rings. The third-order valence-corrected chi connectivity index (χ3v) is 5.21. The van der Waals surface area contributed by atoms with E-state index in [2.05, 4.69) is 5.10 Å². The van der Waals surface area contributed by atoms with Crippen LogP contribution in [0.1, 0.15) is 55.0 Å². The van der Waals surface area contributed by atoms with Crippen LogP contribution in [0.15, 0.2) is 39.5 Å². The van der Waals surface area contributed by atoms with Gasteiger partial charge in [0.05, 0.1) is 0 Å². The van der Waals surface area contributed by atoms with E-state index in [0.29, 0.717) is 24.4 Å². The van der Waals surface area contributed by atoms with Gasteiger partial charge in [0.2, 0.25) is 0 Å². The predicted octanol–water partition coefficient (Wildman–Crippen LogP) is 2.93. The molecule has 1 atom stereocenters. The maximum absolute atomic E-state index is 13.0. The van der Waals surface area contributed by atoms with Crippen LogP contribution in [-0.2, 0) is 7.05 Å². The number of para-hydroxylation sites is 1. The number of benzene rings is 1. The van der Waals surface area contributed by atoms with Gasteiger partial charge in [-0.2, -0.15) is 5.10 Å². The van der Waals surface area contributed by atoms with Gasteiger partial charge in [-0.25, -0.2) is 9.48 Å². The SMILES string of the molecule is CC(C)n1c(C2CCCN(C(=O)c3cc4ccccc4o3)C2)nn(C)c1=O. The Bertz CT molecular complexity index is 1010. The Balaban J connectivity index is 1.61. The van der Waals surface area contributed by atoms with Crippen molar-refractivity contribution in [1.29, 1.82) is 0 Å². The molecular weight excluding hydrogens is 344 g/mol. The lowest BCUT2D eigenvalue weighted by Gasteiger charge is -2.32. The minimum Gasteiger partial charge on any atom is -0.451 e. The van der Waals surface area contributed by atoms with E-state index in [9.17, 15) is 9.59 Å². The summed E-state index contributed by atoms with van der Waals surface area (Å²) in [6.07, 6.45) is 1.78. The fourth-order valence-corrected chi connectivity index (χ4v) is 3.88. The first kappa shape index (κ1) is 17.6. The molecule has 27 heavy (non-hydrogen) atoms. The summed E-state index contributed by atoms with van der Waals surface area (Å²) in [5.74, 6) is 1.06. The van der Waals surface area contributed by atoms with E-state index in [0.717, 1.165) is 24.1 Å². The Morgan fingerprint density at radius 1 is 1.30 bits per heavy atom. The van der Waals surface area contributed by atoms with Crippen LogP contribution in [0.2, 0.25) is 0 Å². The summed E-state index contributed by atoms with van der Waals surface area (Å²) in [4.78, 5) is 27.2. The third-order valence-electron chi connectivity index (χ3n) is 5.21. The maximum Gasteiger partial charge on any atom is 0.345 e. The number of aromatic nitrogens is 3. The molecule has 1 unspecified atom stereocenters. The third kappa shape index (κ3) is 3.07. The molecule has 0 N–H and O–H groups in total. The van der Waals surface area contributed by atoms with Gasteiger partial charge in [0.15, 0.2) is 5.76 Å². The van der Waals surface area contributed by atoms with E-state index in [4.69, 9.17) is 4.42 Å². The molecule has 1 saturated heterocycles. The first-order chi connectivity index (χ1) is 13.0. The Morgan fingerprint density at radius 2 is 2.07 bits per heavy atom. The molecule has 1 fully saturated rings.